The van der Waals surface area contributed by atoms with Gasteiger partial charge < -0.3 is 10.1 Å². The number of nitrogens with one attached hydrogen (secondary N) is 1. The first-order valence-electron chi connectivity index (χ1n) is 5.56. The standard InChI is InChI=1S/C12H14N2OS/c1-8-11-3-2-9(6-12(11)16-14-8)15-10-4-5-13-7-10/h2-3,6,10,13H,4-5,7H2,1H3. The van der Waals surface area contributed by atoms with Crippen molar-refractivity contribution in [1.82, 2.24) is 9.69 Å². The van der Waals surface area contributed by atoms with Gasteiger partial charge in [-0.3, -0.25) is 0 Å². The van der Waals surface area contributed by atoms with Crippen molar-refractivity contribution in [3.8, 4) is 5.75 Å². The second-order valence-electron chi connectivity index (χ2n) is 4.16. The Balaban J connectivity index is 1.87. The molecule has 1 saturated heterocycles. The summed E-state index contributed by atoms with van der Waals surface area (Å²) < 4.78 is 11.5. The van der Waals surface area contributed by atoms with E-state index in [-0.39, 0.29) is 0 Å². The highest BCUT2D eigenvalue weighted by Gasteiger charge is 2.16. The van der Waals surface area contributed by atoms with Gasteiger partial charge in [-0.2, -0.15) is 4.37 Å². The van der Waals surface area contributed by atoms with Crippen LogP contribution >= 0.6 is 11.5 Å². The molecule has 3 rings (SSSR count). The first kappa shape index (κ1) is 10.1. The highest BCUT2D eigenvalue weighted by molar-refractivity contribution is 7.13. The van der Waals surface area contributed by atoms with E-state index in [0.29, 0.717) is 6.10 Å². The van der Waals surface area contributed by atoms with Gasteiger partial charge in [-0.25, -0.2) is 0 Å². The Morgan fingerprint density at radius 2 is 2.44 bits per heavy atom. The van der Waals surface area contributed by atoms with Crippen LogP contribution in [0.1, 0.15) is 12.1 Å². The van der Waals surface area contributed by atoms with Gasteiger partial charge in [-0.15, -0.1) is 0 Å². The van der Waals surface area contributed by atoms with E-state index >= 15 is 0 Å². The van der Waals surface area contributed by atoms with E-state index in [1.54, 1.807) is 11.5 Å². The summed E-state index contributed by atoms with van der Waals surface area (Å²) in [6.45, 7) is 4.06. The first-order chi connectivity index (χ1) is 7.83. The highest BCUT2D eigenvalue weighted by atomic mass is 32.1. The molecular formula is C12H14N2OS. The zero-order valence-electron chi connectivity index (χ0n) is 9.19. The molecule has 0 aliphatic carbocycles. The van der Waals surface area contributed by atoms with E-state index in [9.17, 15) is 0 Å². The molecule has 0 amide bonds. The fraction of sp³-hybridized carbons (Fsp3) is 0.417. The minimum atomic E-state index is 0.325. The Bertz CT molecular complexity index is 503. The van der Waals surface area contributed by atoms with Crippen LogP contribution in [0.4, 0.5) is 0 Å². The van der Waals surface area contributed by atoms with Gasteiger partial charge in [0.05, 0.1) is 10.4 Å². The lowest BCUT2D eigenvalue weighted by Crippen LogP contribution is -2.19. The van der Waals surface area contributed by atoms with Gasteiger partial charge in [0.25, 0.3) is 0 Å². The molecule has 1 aliphatic rings. The van der Waals surface area contributed by atoms with Gasteiger partial charge in [0.15, 0.2) is 0 Å². The van der Waals surface area contributed by atoms with Crippen LogP contribution in [0.5, 0.6) is 5.75 Å². The summed E-state index contributed by atoms with van der Waals surface area (Å²) in [7, 11) is 0. The molecule has 2 heterocycles. The molecule has 84 valence electrons. The molecule has 4 heteroatoms. The third kappa shape index (κ3) is 1.79. The van der Waals surface area contributed by atoms with E-state index in [2.05, 4.69) is 21.8 Å². The maximum Gasteiger partial charge on any atom is 0.121 e. The second kappa shape index (κ2) is 4.03. The molecule has 1 unspecified atom stereocenters. The Labute approximate surface area is 98.6 Å². The lowest BCUT2D eigenvalue weighted by Gasteiger charge is -2.12. The monoisotopic (exact) mass is 234 g/mol. The minimum absolute atomic E-state index is 0.325. The summed E-state index contributed by atoms with van der Waals surface area (Å²) in [5, 5.41) is 4.54. The molecule has 2 aromatic rings. The quantitative estimate of drug-likeness (QED) is 0.866. The van der Waals surface area contributed by atoms with Gasteiger partial charge in [0, 0.05) is 11.9 Å². The molecule has 1 fully saturated rings. The largest absolute Gasteiger partial charge is 0.489 e. The van der Waals surface area contributed by atoms with Crippen molar-refractivity contribution in [2.24, 2.45) is 0 Å². The topological polar surface area (TPSA) is 34.1 Å². The lowest BCUT2D eigenvalue weighted by molar-refractivity contribution is 0.223. The van der Waals surface area contributed by atoms with Crippen molar-refractivity contribution in [3.05, 3.63) is 23.9 Å². The Hall–Kier alpha value is -1.13. The molecular weight excluding hydrogens is 220 g/mol. The molecule has 1 N–H and O–H groups in total. The minimum Gasteiger partial charge on any atom is -0.489 e. The van der Waals surface area contributed by atoms with Gasteiger partial charge >= 0.3 is 0 Å². The number of aryl methyl sites for hydroxylation is 1. The number of fused-ring (bicyclic) bond motifs is 1. The van der Waals surface area contributed by atoms with E-state index in [0.717, 1.165) is 31.0 Å². The number of benzene rings is 1. The number of aromatic nitrogens is 1. The summed E-state index contributed by atoms with van der Waals surface area (Å²) in [5.74, 6) is 0.963. The molecule has 0 bridgehead atoms. The molecule has 0 saturated carbocycles. The van der Waals surface area contributed by atoms with Crippen molar-refractivity contribution in [2.75, 3.05) is 13.1 Å². The number of hydrogen-bond acceptors (Lipinski definition) is 4. The van der Waals surface area contributed by atoms with E-state index in [1.807, 2.05) is 13.0 Å². The molecule has 1 aliphatic heterocycles. The highest BCUT2D eigenvalue weighted by Crippen LogP contribution is 2.27. The zero-order chi connectivity index (χ0) is 11.0. The molecule has 1 aromatic carbocycles. The third-order valence-electron chi connectivity index (χ3n) is 2.94. The Morgan fingerprint density at radius 3 is 3.25 bits per heavy atom. The molecule has 16 heavy (non-hydrogen) atoms. The lowest BCUT2D eigenvalue weighted by atomic mass is 10.2. The number of ether oxygens (including phenoxy) is 1. The van der Waals surface area contributed by atoms with Crippen molar-refractivity contribution >= 4 is 21.6 Å². The van der Waals surface area contributed by atoms with Crippen molar-refractivity contribution in [2.45, 2.75) is 19.4 Å². The van der Waals surface area contributed by atoms with Crippen molar-refractivity contribution in [3.63, 3.8) is 0 Å². The van der Waals surface area contributed by atoms with Crippen LogP contribution in [-0.2, 0) is 0 Å². The fourth-order valence-electron chi connectivity index (χ4n) is 2.04. The van der Waals surface area contributed by atoms with Gasteiger partial charge in [0.2, 0.25) is 0 Å². The van der Waals surface area contributed by atoms with Crippen LogP contribution in [0.3, 0.4) is 0 Å². The predicted molar refractivity (Wildman–Crippen MR) is 66.3 cm³/mol. The molecule has 1 aromatic heterocycles. The first-order valence-corrected chi connectivity index (χ1v) is 6.34. The maximum absolute atomic E-state index is 5.91. The van der Waals surface area contributed by atoms with Crippen molar-refractivity contribution in [1.29, 1.82) is 0 Å². The van der Waals surface area contributed by atoms with Gasteiger partial charge in [-0.05, 0) is 49.6 Å². The van der Waals surface area contributed by atoms with Crippen LogP contribution < -0.4 is 10.1 Å². The van der Waals surface area contributed by atoms with E-state index in [4.69, 9.17) is 4.74 Å². The summed E-state index contributed by atoms with van der Waals surface area (Å²) in [6.07, 6.45) is 1.42. The number of nitrogens with zero attached hydrogens (tertiary/aromatic N) is 1. The van der Waals surface area contributed by atoms with Crippen molar-refractivity contribution < 1.29 is 4.74 Å². The van der Waals surface area contributed by atoms with Crippen LogP contribution in [-0.4, -0.2) is 23.6 Å². The molecule has 0 spiro atoms. The second-order valence-corrected chi connectivity index (χ2v) is 4.96. The summed E-state index contributed by atoms with van der Waals surface area (Å²) in [4.78, 5) is 0. The Morgan fingerprint density at radius 1 is 1.50 bits per heavy atom. The summed E-state index contributed by atoms with van der Waals surface area (Å²) >= 11 is 1.54. The SMILES string of the molecule is Cc1nsc2cc(OC3CCNC3)ccc12. The average molecular weight is 234 g/mol. The fourth-order valence-corrected chi connectivity index (χ4v) is 2.85. The smallest absolute Gasteiger partial charge is 0.121 e. The Kier molecular flexibility index (Phi) is 2.53. The summed E-state index contributed by atoms with van der Waals surface area (Å²) in [6, 6.07) is 6.24. The number of hydrogen-bond donors (Lipinski definition) is 1. The molecule has 0 radical (unpaired) electrons. The van der Waals surface area contributed by atoms with Crippen LogP contribution in [0.15, 0.2) is 18.2 Å². The number of rotatable bonds is 2. The maximum atomic E-state index is 5.91. The van der Waals surface area contributed by atoms with E-state index in [1.165, 1.54) is 10.1 Å². The van der Waals surface area contributed by atoms with Crippen LogP contribution in [0, 0.1) is 6.92 Å². The molecule has 3 nitrogen and oxygen atoms in total. The molecule has 1 atom stereocenters. The van der Waals surface area contributed by atoms with Gasteiger partial charge in [0.1, 0.15) is 11.9 Å². The average Bonchev–Trinajstić information content (AvgIpc) is 2.90. The van der Waals surface area contributed by atoms with E-state index < -0.39 is 0 Å². The predicted octanol–water partition coefficient (Wildman–Crippen LogP) is 2.35. The third-order valence-corrected chi connectivity index (χ3v) is 3.84. The zero-order valence-corrected chi connectivity index (χ0v) is 10.0. The van der Waals surface area contributed by atoms with Gasteiger partial charge in [-0.1, -0.05) is 0 Å². The normalized spacial score (nSPS) is 20.4. The summed E-state index contributed by atoms with van der Waals surface area (Å²) in [5.41, 5.74) is 1.11. The van der Waals surface area contributed by atoms with Crippen LogP contribution in [0.2, 0.25) is 0 Å². The van der Waals surface area contributed by atoms with Crippen LogP contribution in [0.25, 0.3) is 10.1 Å².